The van der Waals surface area contributed by atoms with E-state index in [-0.39, 0.29) is 6.04 Å². The number of hydrogen-bond donors (Lipinski definition) is 1. The zero-order chi connectivity index (χ0) is 14.7. The first-order chi connectivity index (χ1) is 8.84. The summed E-state index contributed by atoms with van der Waals surface area (Å²) in [5.74, 6) is -2.30. The van der Waals surface area contributed by atoms with Crippen molar-refractivity contribution < 1.29 is 9.59 Å². The third kappa shape index (κ3) is 2.68. The summed E-state index contributed by atoms with van der Waals surface area (Å²) in [5, 5.41) is 11.3. The summed E-state index contributed by atoms with van der Waals surface area (Å²) in [6.45, 7) is 7.78. The Kier molecular flexibility index (Phi) is 4.49. The quantitative estimate of drug-likeness (QED) is 0.662. The van der Waals surface area contributed by atoms with Crippen LogP contribution in [0, 0.1) is 31.1 Å². The lowest BCUT2D eigenvalue weighted by molar-refractivity contribution is -0.121. The lowest BCUT2D eigenvalue weighted by atomic mass is 9.98. The number of nitrogens with one attached hydrogen (secondary N) is 1. The van der Waals surface area contributed by atoms with Crippen LogP contribution in [0.2, 0.25) is 0 Å². The molecule has 0 saturated carbocycles. The molecule has 1 atom stereocenters. The molecule has 19 heavy (non-hydrogen) atoms. The van der Waals surface area contributed by atoms with Crippen molar-refractivity contribution in [2.75, 3.05) is 7.05 Å². The zero-order valence-corrected chi connectivity index (χ0v) is 11.9. The fourth-order valence-corrected chi connectivity index (χ4v) is 2.36. The van der Waals surface area contributed by atoms with Crippen molar-refractivity contribution in [2.24, 2.45) is 5.92 Å². The van der Waals surface area contributed by atoms with Gasteiger partial charge in [0.2, 0.25) is 5.91 Å². The highest BCUT2D eigenvalue weighted by atomic mass is 16.2. The lowest BCUT2D eigenvalue weighted by Gasteiger charge is -2.14. The maximum Gasteiger partial charge on any atom is 0.245 e. The van der Waals surface area contributed by atoms with E-state index in [1.165, 1.54) is 7.05 Å². The average Bonchev–Trinajstić information content (AvgIpc) is 2.65. The molecule has 0 bridgehead atoms. The van der Waals surface area contributed by atoms with Crippen molar-refractivity contribution in [1.82, 2.24) is 9.88 Å². The molecule has 0 aromatic carbocycles. The number of nitrogens with zero attached hydrogens (tertiary/aromatic N) is 2. The summed E-state index contributed by atoms with van der Waals surface area (Å²) in [4.78, 5) is 23.8. The van der Waals surface area contributed by atoms with Crippen LogP contribution < -0.4 is 5.32 Å². The monoisotopic (exact) mass is 261 g/mol. The molecule has 102 valence electrons. The highest BCUT2D eigenvalue weighted by Crippen LogP contribution is 2.22. The number of Topliss-reactive ketones (excluding diaryl/α,β-unsaturated/α-hetero) is 1. The molecule has 1 aromatic heterocycles. The van der Waals surface area contributed by atoms with E-state index in [4.69, 9.17) is 5.26 Å². The molecule has 0 saturated heterocycles. The Morgan fingerprint density at radius 3 is 2.32 bits per heavy atom. The Morgan fingerprint density at radius 1 is 1.37 bits per heavy atom. The average molecular weight is 261 g/mol. The maximum atomic E-state index is 12.3. The van der Waals surface area contributed by atoms with Crippen LogP contribution in [0.3, 0.4) is 0 Å². The van der Waals surface area contributed by atoms with Gasteiger partial charge in [0.1, 0.15) is 0 Å². The van der Waals surface area contributed by atoms with Crippen LogP contribution in [0.15, 0.2) is 6.07 Å². The fourth-order valence-electron chi connectivity index (χ4n) is 2.36. The van der Waals surface area contributed by atoms with E-state index in [2.05, 4.69) is 5.32 Å². The van der Waals surface area contributed by atoms with Gasteiger partial charge in [-0.05, 0) is 33.8 Å². The molecule has 1 aromatic rings. The third-order valence-electron chi connectivity index (χ3n) is 3.17. The molecule has 0 spiro atoms. The number of aryl methyl sites for hydroxylation is 1. The smallest absolute Gasteiger partial charge is 0.245 e. The van der Waals surface area contributed by atoms with Crippen molar-refractivity contribution in [1.29, 1.82) is 5.26 Å². The Hall–Kier alpha value is -2.09. The molecule has 1 rings (SSSR count). The summed E-state index contributed by atoms with van der Waals surface area (Å²) >= 11 is 0. The highest BCUT2D eigenvalue weighted by molar-refractivity contribution is 6.12. The largest absolute Gasteiger partial charge is 0.358 e. The second-order valence-electron chi connectivity index (χ2n) is 4.79. The van der Waals surface area contributed by atoms with Gasteiger partial charge < -0.3 is 9.88 Å². The summed E-state index contributed by atoms with van der Waals surface area (Å²) in [7, 11) is 1.41. The molecule has 0 aliphatic heterocycles. The highest BCUT2D eigenvalue weighted by Gasteiger charge is 2.29. The van der Waals surface area contributed by atoms with Gasteiger partial charge in [-0.2, -0.15) is 5.26 Å². The fraction of sp³-hybridized carbons (Fsp3) is 0.500. The van der Waals surface area contributed by atoms with Crippen molar-refractivity contribution >= 4 is 11.7 Å². The Labute approximate surface area is 113 Å². The first-order valence-corrected chi connectivity index (χ1v) is 6.19. The molecule has 0 radical (unpaired) electrons. The predicted molar refractivity (Wildman–Crippen MR) is 71.8 cm³/mol. The molecule has 5 nitrogen and oxygen atoms in total. The van der Waals surface area contributed by atoms with Crippen LogP contribution in [-0.2, 0) is 4.79 Å². The number of hydrogen-bond acceptors (Lipinski definition) is 3. The topological polar surface area (TPSA) is 74.9 Å². The summed E-state index contributed by atoms with van der Waals surface area (Å²) < 4.78 is 2.02. The van der Waals surface area contributed by atoms with Crippen molar-refractivity contribution in [2.45, 2.75) is 33.7 Å². The van der Waals surface area contributed by atoms with E-state index >= 15 is 0 Å². The van der Waals surface area contributed by atoms with Gasteiger partial charge in [-0.3, -0.25) is 9.59 Å². The molecule has 1 N–H and O–H groups in total. The SMILES string of the molecule is CNC(=O)C(C#N)C(=O)c1cc(C)n(C(C)C)c1C. The standard InChI is InChI=1S/C14H19N3O2/c1-8(2)17-9(3)6-11(10(17)4)13(18)12(7-15)14(19)16-5/h6,8,12H,1-5H3,(H,16,19). The first-order valence-electron chi connectivity index (χ1n) is 6.19. The molecule has 0 aliphatic rings. The summed E-state index contributed by atoms with van der Waals surface area (Å²) in [5.41, 5.74) is 2.19. The van der Waals surface area contributed by atoms with Crippen LogP contribution >= 0.6 is 0 Å². The van der Waals surface area contributed by atoms with Gasteiger partial charge in [-0.1, -0.05) is 0 Å². The van der Waals surface area contributed by atoms with Gasteiger partial charge in [0.25, 0.3) is 0 Å². The van der Waals surface area contributed by atoms with Crippen LogP contribution in [0.5, 0.6) is 0 Å². The minimum absolute atomic E-state index is 0.224. The Balaban J connectivity index is 3.25. The molecule has 5 heteroatoms. The Morgan fingerprint density at radius 2 is 1.95 bits per heavy atom. The van der Waals surface area contributed by atoms with E-state index in [1.807, 2.05) is 32.3 Å². The van der Waals surface area contributed by atoms with Crippen LogP contribution in [0.4, 0.5) is 0 Å². The number of carbonyl (C=O) groups excluding carboxylic acids is 2. The minimum Gasteiger partial charge on any atom is -0.358 e. The molecular formula is C14H19N3O2. The van der Waals surface area contributed by atoms with E-state index in [9.17, 15) is 9.59 Å². The number of carbonyl (C=O) groups is 2. The number of rotatable bonds is 4. The predicted octanol–water partition coefficient (Wildman–Crippen LogP) is 1.75. The van der Waals surface area contributed by atoms with Gasteiger partial charge in [0.15, 0.2) is 11.7 Å². The van der Waals surface area contributed by atoms with Gasteiger partial charge in [-0.25, -0.2) is 0 Å². The second kappa shape index (κ2) is 5.70. The molecule has 1 unspecified atom stereocenters. The van der Waals surface area contributed by atoms with E-state index in [0.717, 1.165) is 11.4 Å². The van der Waals surface area contributed by atoms with Gasteiger partial charge >= 0.3 is 0 Å². The summed E-state index contributed by atoms with van der Waals surface area (Å²) in [6, 6.07) is 3.73. The number of amides is 1. The lowest BCUT2D eigenvalue weighted by Crippen LogP contribution is -2.32. The van der Waals surface area contributed by atoms with Gasteiger partial charge in [0.05, 0.1) is 6.07 Å². The van der Waals surface area contributed by atoms with Crippen LogP contribution in [0.25, 0.3) is 0 Å². The maximum absolute atomic E-state index is 12.3. The Bertz CT molecular complexity index is 550. The van der Waals surface area contributed by atoms with E-state index < -0.39 is 17.6 Å². The van der Waals surface area contributed by atoms with Gasteiger partial charge in [-0.15, -0.1) is 0 Å². The van der Waals surface area contributed by atoms with Crippen molar-refractivity contribution in [3.63, 3.8) is 0 Å². The van der Waals surface area contributed by atoms with Gasteiger partial charge in [0, 0.05) is 30.0 Å². The zero-order valence-electron chi connectivity index (χ0n) is 11.9. The van der Waals surface area contributed by atoms with Crippen molar-refractivity contribution in [3.8, 4) is 6.07 Å². The summed E-state index contributed by atoms with van der Waals surface area (Å²) in [6.07, 6.45) is 0. The number of aromatic nitrogens is 1. The molecule has 1 amide bonds. The number of nitriles is 1. The molecule has 1 heterocycles. The first kappa shape index (κ1) is 15.0. The minimum atomic E-state index is -1.29. The normalized spacial score (nSPS) is 12.1. The van der Waals surface area contributed by atoms with E-state index in [0.29, 0.717) is 5.56 Å². The van der Waals surface area contributed by atoms with E-state index in [1.54, 1.807) is 12.1 Å². The van der Waals surface area contributed by atoms with Crippen LogP contribution in [0.1, 0.15) is 41.6 Å². The number of ketones is 1. The van der Waals surface area contributed by atoms with Crippen LogP contribution in [-0.4, -0.2) is 23.3 Å². The second-order valence-corrected chi connectivity index (χ2v) is 4.79. The molecular weight excluding hydrogens is 242 g/mol. The third-order valence-corrected chi connectivity index (χ3v) is 3.17. The molecule has 0 fully saturated rings. The van der Waals surface area contributed by atoms with Crippen molar-refractivity contribution in [3.05, 3.63) is 23.0 Å². The molecule has 0 aliphatic carbocycles.